The van der Waals surface area contributed by atoms with Crippen molar-refractivity contribution in [3.8, 4) is 0 Å². The number of esters is 1. The molecule has 0 radical (unpaired) electrons. The van der Waals surface area contributed by atoms with Crippen molar-refractivity contribution in [3.05, 3.63) is 64.7 Å². The first kappa shape index (κ1) is 25.5. The van der Waals surface area contributed by atoms with Crippen LogP contribution < -0.4 is 10.6 Å². The molecule has 0 aromatic heterocycles. The van der Waals surface area contributed by atoms with Crippen molar-refractivity contribution in [2.45, 2.75) is 18.6 Å². The lowest BCUT2D eigenvalue weighted by Gasteiger charge is -2.18. The van der Waals surface area contributed by atoms with Gasteiger partial charge in [0.15, 0.2) is 6.61 Å². The molecule has 172 valence electrons. The third kappa shape index (κ3) is 7.45. The number of rotatable bonds is 9. The average Bonchev–Trinajstić information content (AvgIpc) is 2.76. The molecule has 32 heavy (non-hydrogen) atoms. The zero-order valence-electron chi connectivity index (χ0n) is 16.9. The van der Waals surface area contributed by atoms with Crippen LogP contribution in [0.3, 0.4) is 0 Å². The molecule has 2 amide bonds. The van der Waals surface area contributed by atoms with E-state index >= 15 is 0 Å². The van der Waals surface area contributed by atoms with Gasteiger partial charge in [-0.3, -0.25) is 9.59 Å². The second-order valence-corrected chi connectivity index (χ2v) is 7.88. The molecule has 0 fully saturated rings. The summed E-state index contributed by atoms with van der Waals surface area (Å²) < 4.78 is 44.4. The Hall–Kier alpha value is -2.72. The maximum absolute atomic E-state index is 13.1. The van der Waals surface area contributed by atoms with Gasteiger partial charge in [-0.2, -0.15) is 24.9 Å². The van der Waals surface area contributed by atoms with Crippen LogP contribution >= 0.6 is 23.4 Å². The smallest absolute Gasteiger partial charge is 0.418 e. The summed E-state index contributed by atoms with van der Waals surface area (Å²) in [5.41, 5.74) is -1.41. The summed E-state index contributed by atoms with van der Waals surface area (Å²) in [6, 6.07) is 10.2. The summed E-state index contributed by atoms with van der Waals surface area (Å²) in [4.78, 5) is 36.9. The zero-order chi connectivity index (χ0) is 23.7. The Balaban J connectivity index is 2.02. The minimum Gasteiger partial charge on any atom is -0.454 e. The van der Waals surface area contributed by atoms with Crippen molar-refractivity contribution in [2.24, 2.45) is 0 Å². The number of amides is 2. The van der Waals surface area contributed by atoms with E-state index in [9.17, 15) is 27.6 Å². The van der Waals surface area contributed by atoms with Crippen LogP contribution in [0.1, 0.15) is 22.3 Å². The molecule has 0 spiro atoms. The van der Waals surface area contributed by atoms with Crippen molar-refractivity contribution in [3.63, 3.8) is 0 Å². The van der Waals surface area contributed by atoms with Gasteiger partial charge >= 0.3 is 12.1 Å². The molecule has 2 rings (SSSR count). The fourth-order valence-electron chi connectivity index (χ4n) is 2.62. The Morgan fingerprint density at radius 3 is 2.41 bits per heavy atom. The number of hydrogen-bond acceptors (Lipinski definition) is 5. The molecule has 0 aliphatic rings. The number of para-hydroxylation sites is 1. The number of benzene rings is 2. The van der Waals surface area contributed by atoms with E-state index in [4.69, 9.17) is 16.3 Å². The molecular formula is C21H20ClF3N2O4S. The first-order chi connectivity index (χ1) is 15.1. The van der Waals surface area contributed by atoms with E-state index in [0.29, 0.717) is 11.3 Å². The Morgan fingerprint density at radius 2 is 1.78 bits per heavy atom. The highest BCUT2D eigenvalue weighted by Gasteiger charge is 2.35. The van der Waals surface area contributed by atoms with Crippen LogP contribution in [0.4, 0.5) is 18.9 Å². The van der Waals surface area contributed by atoms with Crippen molar-refractivity contribution in [2.75, 3.05) is 23.9 Å². The second-order valence-electron chi connectivity index (χ2n) is 6.49. The van der Waals surface area contributed by atoms with Crippen LogP contribution in [0.5, 0.6) is 0 Å². The molecule has 1 unspecified atom stereocenters. The molecule has 0 saturated carbocycles. The van der Waals surface area contributed by atoms with Gasteiger partial charge in [-0.25, -0.2) is 4.79 Å². The number of carbonyl (C=O) groups is 3. The third-order valence-corrected chi connectivity index (χ3v) is 5.12. The summed E-state index contributed by atoms with van der Waals surface area (Å²) in [5, 5.41) is 4.27. The first-order valence-corrected chi connectivity index (χ1v) is 11.1. The molecule has 1 atom stereocenters. The van der Waals surface area contributed by atoms with Gasteiger partial charge in [-0.1, -0.05) is 35.9 Å². The van der Waals surface area contributed by atoms with E-state index in [1.807, 2.05) is 11.6 Å². The average molecular weight is 489 g/mol. The molecule has 0 aliphatic heterocycles. The molecule has 6 nitrogen and oxygen atoms in total. The van der Waals surface area contributed by atoms with Crippen molar-refractivity contribution in [1.29, 1.82) is 0 Å². The van der Waals surface area contributed by atoms with Crippen LogP contribution in [-0.2, 0) is 20.5 Å². The second kappa shape index (κ2) is 11.8. The molecule has 0 aliphatic carbocycles. The van der Waals surface area contributed by atoms with E-state index in [1.54, 1.807) is 30.3 Å². The van der Waals surface area contributed by atoms with Gasteiger partial charge in [0, 0.05) is 5.56 Å². The zero-order valence-corrected chi connectivity index (χ0v) is 18.4. The molecule has 0 bridgehead atoms. The van der Waals surface area contributed by atoms with E-state index in [2.05, 4.69) is 5.32 Å². The third-order valence-electron chi connectivity index (χ3n) is 4.17. The van der Waals surface area contributed by atoms with Crippen LogP contribution in [0.15, 0.2) is 48.5 Å². The van der Waals surface area contributed by atoms with Gasteiger partial charge in [-0.05, 0) is 42.7 Å². The normalized spacial score (nSPS) is 12.0. The maximum atomic E-state index is 13.1. The summed E-state index contributed by atoms with van der Waals surface area (Å²) in [7, 11) is 0. The molecule has 11 heteroatoms. The van der Waals surface area contributed by atoms with Gasteiger partial charge in [0.25, 0.3) is 11.8 Å². The van der Waals surface area contributed by atoms with E-state index in [0.717, 1.165) is 12.1 Å². The number of thioether (sulfide) groups is 1. The van der Waals surface area contributed by atoms with Crippen molar-refractivity contribution >= 4 is 46.8 Å². The number of carbonyl (C=O) groups excluding carboxylic acids is 3. The predicted octanol–water partition coefficient (Wildman–Crippen LogP) is 4.39. The predicted molar refractivity (Wildman–Crippen MR) is 117 cm³/mol. The lowest BCUT2D eigenvalue weighted by atomic mass is 10.1. The number of ether oxygens (including phenoxy) is 1. The van der Waals surface area contributed by atoms with Crippen LogP contribution in [0, 0.1) is 0 Å². The Kier molecular flexibility index (Phi) is 9.40. The molecular weight excluding hydrogens is 469 g/mol. The highest BCUT2D eigenvalue weighted by atomic mass is 35.5. The Morgan fingerprint density at radius 1 is 1.09 bits per heavy atom. The Bertz CT molecular complexity index is 958. The lowest BCUT2D eigenvalue weighted by molar-refractivity contribution is -0.149. The molecule has 2 N–H and O–H groups in total. The number of hydrogen-bond donors (Lipinski definition) is 2. The standard InChI is InChI=1S/C21H20ClF3N2O4S/c1-32-11-10-16(26-19(29)13-6-3-2-4-7-13)20(30)31-12-17(28)27-18-14(21(23,24)25)8-5-9-15(18)22/h2-9,16H,10-12H2,1H3,(H,26,29)(H,27,28). The van der Waals surface area contributed by atoms with E-state index in [-0.39, 0.29) is 11.4 Å². The van der Waals surface area contributed by atoms with Crippen LogP contribution in [0.2, 0.25) is 5.02 Å². The van der Waals surface area contributed by atoms with Crippen molar-refractivity contribution < 1.29 is 32.3 Å². The van der Waals surface area contributed by atoms with Gasteiger partial charge in [-0.15, -0.1) is 0 Å². The maximum Gasteiger partial charge on any atom is 0.418 e. The minimum absolute atomic E-state index is 0.239. The topological polar surface area (TPSA) is 84.5 Å². The van der Waals surface area contributed by atoms with Gasteiger partial charge in [0.1, 0.15) is 6.04 Å². The summed E-state index contributed by atoms with van der Waals surface area (Å²) in [5.74, 6) is -1.86. The summed E-state index contributed by atoms with van der Waals surface area (Å²) in [6.07, 6.45) is -2.69. The summed E-state index contributed by atoms with van der Waals surface area (Å²) >= 11 is 7.24. The molecule has 0 heterocycles. The SMILES string of the molecule is CSCCC(NC(=O)c1ccccc1)C(=O)OCC(=O)Nc1c(Cl)cccc1C(F)(F)F. The fourth-order valence-corrected chi connectivity index (χ4v) is 3.31. The molecule has 2 aromatic rings. The first-order valence-electron chi connectivity index (χ1n) is 9.30. The molecule has 0 saturated heterocycles. The molecule has 2 aromatic carbocycles. The Labute approximate surface area is 191 Å². The number of alkyl halides is 3. The van der Waals surface area contributed by atoms with Crippen LogP contribution in [0.25, 0.3) is 0 Å². The summed E-state index contributed by atoms with van der Waals surface area (Å²) in [6.45, 7) is -0.849. The lowest BCUT2D eigenvalue weighted by Crippen LogP contribution is -2.43. The minimum atomic E-state index is -4.74. The number of halogens is 4. The largest absolute Gasteiger partial charge is 0.454 e. The quantitative estimate of drug-likeness (QED) is 0.511. The van der Waals surface area contributed by atoms with Crippen LogP contribution in [-0.4, -0.2) is 42.4 Å². The van der Waals surface area contributed by atoms with Gasteiger partial charge < -0.3 is 15.4 Å². The highest BCUT2D eigenvalue weighted by Crippen LogP contribution is 2.38. The fraction of sp³-hybridized carbons (Fsp3) is 0.286. The monoisotopic (exact) mass is 488 g/mol. The van der Waals surface area contributed by atoms with E-state index in [1.165, 1.54) is 17.8 Å². The van der Waals surface area contributed by atoms with Crippen molar-refractivity contribution in [1.82, 2.24) is 5.32 Å². The van der Waals surface area contributed by atoms with E-state index < -0.39 is 47.9 Å². The number of nitrogens with one attached hydrogen (secondary N) is 2. The highest BCUT2D eigenvalue weighted by molar-refractivity contribution is 7.98. The number of anilines is 1. The van der Waals surface area contributed by atoms with Gasteiger partial charge in [0.05, 0.1) is 16.3 Å². The van der Waals surface area contributed by atoms with Gasteiger partial charge in [0.2, 0.25) is 0 Å².